The molecule has 29 heavy (non-hydrogen) atoms. The fourth-order valence-electron chi connectivity index (χ4n) is 2.94. The van der Waals surface area contributed by atoms with Crippen LogP contribution < -0.4 is 10.1 Å². The maximum Gasteiger partial charge on any atom is 0.273 e. The van der Waals surface area contributed by atoms with Crippen LogP contribution in [0.25, 0.3) is 0 Å². The lowest BCUT2D eigenvalue weighted by molar-refractivity contribution is -0.385. The second kappa shape index (κ2) is 8.97. The van der Waals surface area contributed by atoms with Crippen molar-refractivity contribution in [1.29, 1.82) is 0 Å². The molecule has 0 aliphatic carbocycles. The van der Waals surface area contributed by atoms with Crippen LogP contribution in [0.4, 0.5) is 10.1 Å². The molecule has 3 aromatic carbocycles. The van der Waals surface area contributed by atoms with Gasteiger partial charge < -0.3 is 10.1 Å². The number of benzene rings is 3. The average Bonchev–Trinajstić information content (AvgIpc) is 2.72. The molecule has 148 valence electrons. The van der Waals surface area contributed by atoms with Crippen LogP contribution >= 0.6 is 0 Å². The Morgan fingerprint density at radius 2 is 1.76 bits per heavy atom. The third-order valence-electron chi connectivity index (χ3n) is 4.50. The highest BCUT2D eigenvalue weighted by molar-refractivity contribution is 5.96. The number of halogens is 1. The van der Waals surface area contributed by atoms with E-state index in [1.54, 1.807) is 12.1 Å². The summed E-state index contributed by atoms with van der Waals surface area (Å²) < 4.78 is 19.5. The molecule has 3 aromatic rings. The van der Waals surface area contributed by atoms with Gasteiger partial charge in [-0.15, -0.1) is 0 Å². The number of amides is 1. The van der Waals surface area contributed by atoms with Crippen molar-refractivity contribution >= 4 is 11.6 Å². The Hall–Kier alpha value is -3.74. The van der Waals surface area contributed by atoms with E-state index in [-0.39, 0.29) is 29.2 Å². The molecule has 1 unspecified atom stereocenters. The first-order chi connectivity index (χ1) is 14.0. The van der Waals surface area contributed by atoms with Gasteiger partial charge in [0.1, 0.15) is 6.61 Å². The van der Waals surface area contributed by atoms with Crippen LogP contribution in [0, 0.1) is 22.9 Å². The largest absolute Gasteiger partial charge is 0.488 e. The van der Waals surface area contributed by atoms with Gasteiger partial charge in [-0.2, -0.15) is 0 Å². The zero-order chi connectivity index (χ0) is 20.8. The Kier molecular flexibility index (Phi) is 6.19. The molecule has 0 radical (unpaired) electrons. The fourth-order valence-corrected chi connectivity index (χ4v) is 2.94. The summed E-state index contributed by atoms with van der Waals surface area (Å²) in [6, 6.07) is 18.9. The van der Waals surface area contributed by atoms with Gasteiger partial charge in [0.25, 0.3) is 11.6 Å². The molecule has 3 rings (SSSR count). The number of rotatable bonds is 7. The van der Waals surface area contributed by atoms with Crippen molar-refractivity contribution in [3.63, 3.8) is 0 Å². The summed E-state index contributed by atoms with van der Waals surface area (Å²) >= 11 is 0. The van der Waals surface area contributed by atoms with E-state index in [1.165, 1.54) is 37.3 Å². The lowest BCUT2D eigenvalue weighted by Crippen LogP contribution is -2.33. The number of nitro groups is 1. The molecule has 0 heterocycles. The number of ether oxygens (including phenoxy) is 1. The smallest absolute Gasteiger partial charge is 0.273 e. The predicted molar refractivity (Wildman–Crippen MR) is 106 cm³/mol. The van der Waals surface area contributed by atoms with Crippen LogP contribution in [0.2, 0.25) is 0 Å². The molecule has 0 aliphatic rings. The second-order valence-electron chi connectivity index (χ2n) is 6.38. The maximum absolute atomic E-state index is 13.9. The molecule has 0 bridgehead atoms. The monoisotopic (exact) mass is 394 g/mol. The first-order valence-corrected chi connectivity index (χ1v) is 8.94. The molecule has 1 N–H and O–H groups in total. The van der Waals surface area contributed by atoms with Gasteiger partial charge in [-0.1, -0.05) is 48.5 Å². The van der Waals surface area contributed by atoms with Gasteiger partial charge in [-0.05, 0) is 30.7 Å². The zero-order valence-electron chi connectivity index (χ0n) is 15.7. The minimum absolute atomic E-state index is 0.00926. The molecule has 7 heteroatoms. The molecule has 1 atom stereocenters. The van der Waals surface area contributed by atoms with Crippen molar-refractivity contribution in [2.75, 3.05) is 6.61 Å². The van der Waals surface area contributed by atoms with Gasteiger partial charge in [0.05, 0.1) is 11.0 Å². The number of nitro benzene ring substituents is 1. The molecular weight excluding hydrogens is 375 g/mol. The summed E-state index contributed by atoms with van der Waals surface area (Å²) in [4.78, 5) is 23.5. The Balaban J connectivity index is 1.84. The van der Waals surface area contributed by atoms with Gasteiger partial charge in [0.15, 0.2) is 11.6 Å². The van der Waals surface area contributed by atoms with Crippen molar-refractivity contribution in [2.24, 2.45) is 0 Å². The Bertz CT molecular complexity index is 1020. The maximum atomic E-state index is 13.9. The Morgan fingerprint density at radius 3 is 2.45 bits per heavy atom. The zero-order valence-corrected chi connectivity index (χ0v) is 15.7. The summed E-state index contributed by atoms with van der Waals surface area (Å²) in [5, 5.41) is 14.0. The van der Waals surface area contributed by atoms with Crippen LogP contribution in [0.3, 0.4) is 0 Å². The molecule has 0 fully saturated rings. The van der Waals surface area contributed by atoms with Gasteiger partial charge in [0, 0.05) is 17.2 Å². The average molecular weight is 394 g/mol. The normalized spacial score (nSPS) is 11.5. The highest BCUT2D eigenvalue weighted by Gasteiger charge is 2.22. The van der Waals surface area contributed by atoms with Crippen molar-refractivity contribution in [1.82, 2.24) is 5.32 Å². The van der Waals surface area contributed by atoms with Gasteiger partial charge >= 0.3 is 0 Å². The first kappa shape index (κ1) is 20.0. The fraction of sp³-hybridized carbons (Fsp3) is 0.136. The van der Waals surface area contributed by atoms with E-state index in [9.17, 15) is 19.3 Å². The van der Waals surface area contributed by atoms with Crippen molar-refractivity contribution < 1.29 is 18.8 Å². The van der Waals surface area contributed by atoms with Crippen LogP contribution in [0.5, 0.6) is 5.75 Å². The van der Waals surface area contributed by atoms with E-state index in [4.69, 9.17) is 4.74 Å². The van der Waals surface area contributed by atoms with Crippen molar-refractivity contribution in [2.45, 2.75) is 13.0 Å². The lowest BCUT2D eigenvalue weighted by atomic mass is 10.0. The number of carbonyl (C=O) groups is 1. The predicted octanol–water partition coefficient (Wildman–Crippen LogP) is 4.59. The number of nitrogens with one attached hydrogen (secondary N) is 1. The van der Waals surface area contributed by atoms with E-state index in [1.807, 2.05) is 30.3 Å². The third kappa shape index (κ3) is 4.76. The minimum Gasteiger partial charge on any atom is -0.488 e. The first-order valence-electron chi connectivity index (χ1n) is 8.94. The van der Waals surface area contributed by atoms with Crippen LogP contribution in [-0.4, -0.2) is 17.4 Å². The molecular formula is C22H19FN2O4. The third-order valence-corrected chi connectivity index (χ3v) is 4.50. The lowest BCUT2D eigenvalue weighted by Gasteiger charge is -2.20. The van der Waals surface area contributed by atoms with E-state index >= 15 is 0 Å². The Labute approximate surface area is 167 Å². The number of hydrogen-bond donors (Lipinski definition) is 1. The minimum atomic E-state index is -0.582. The summed E-state index contributed by atoms with van der Waals surface area (Å²) in [6.07, 6.45) is 0. The molecule has 6 nitrogen and oxygen atoms in total. The van der Waals surface area contributed by atoms with E-state index < -0.39 is 22.7 Å². The summed E-state index contributed by atoms with van der Waals surface area (Å²) in [5.74, 6) is -0.897. The van der Waals surface area contributed by atoms with Crippen molar-refractivity contribution in [3.8, 4) is 5.75 Å². The number of hydrogen-bond acceptors (Lipinski definition) is 4. The van der Waals surface area contributed by atoms with E-state index in [2.05, 4.69) is 5.32 Å². The van der Waals surface area contributed by atoms with E-state index in [0.29, 0.717) is 0 Å². The Morgan fingerprint density at radius 1 is 1.07 bits per heavy atom. The summed E-state index contributed by atoms with van der Waals surface area (Å²) in [5.41, 5.74) is 1.11. The molecule has 1 amide bonds. The van der Waals surface area contributed by atoms with E-state index in [0.717, 1.165) is 5.56 Å². The standard InChI is InChI=1S/C22H19FN2O4/c1-15-17(10-7-12-20(15)25(27)28)22(26)24-19(16-8-3-2-4-9-16)14-29-21-13-6-5-11-18(21)23/h2-13,19H,14H2,1H3,(H,24,26). The quantitative estimate of drug-likeness (QED) is 0.469. The van der Waals surface area contributed by atoms with Gasteiger partial charge in [-0.3, -0.25) is 14.9 Å². The van der Waals surface area contributed by atoms with Crippen LogP contribution in [-0.2, 0) is 0 Å². The molecule has 0 aliphatic heterocycles. The SMILES string of the molecule is Cc1c(C(=O)NC(COc2ccccc2F)c2ccccc2)cccc1[N+](=O)[O-]. The van der Waals surface area contributed by atoms with Crippen LogP contribution in [0.15, 0.2) is 72.8 Å². The number of para-hydroxylation sites is 1. The van der Waals surface area contributed by atoms with Crippen molar-refractivity contribution in [3.05, 3.63) is 105 Å². The summed E-state index contributed by atoms with van der Waals surface area (Å²) in [7, 11) is 0. The van der Waals surface area contributed by atoms with Gasteiger partial charge in [-0.25, -0.2) is 4.39 Å². The molecule has 0 aromatic heterocycles. The molecule has 0 saturated heterocycles. The highest BCUT2D eigenvalue weighted by Crippen LogP contribution is 2.23. The topological polar surface area (TPSA) is 81.5 Å². The number of carbonyl (C=O) groups excluding carboxylic acids is 1. The summed E-state index contributed by atoms with van der Waals surface area (Å²) in [6.45, 7) is 1.52. The van der Waals surface area contributed by atoms with Crippen LogP contribution in [0.1, 0.15) is 27.5 Å². The van der Waals surface area contributed by atoms with Gasteiger partial charge in [0.2, 0.25) is 0 Å². The molecule has 0 spiro atoms. The highest BCUT2D eigenvalue weighted by atomic mass is 19.1. The second-order valence-corrected chi connectivity index (χ2v) is 6.38. The number of nitrogens with zero attached hydrogens (tertiary/aromatic N) is 1. The molecule has 0 saturated carbocycles.